The number of hydrogen-bond acceptors (Lipinski definition) is 1. The van der Waals surface area contributed by atoms with Crippen LogP contribution < -0.4 is 5.32 Å². The van der Waals surface area contributed by atoms with E-state index < -0.39 is 23.2 Å². The summed E-state index contributed by atoms with van der Waals surface area (Å²) in [5, 5.41) is 2.60. The topological polar surface area (TPSA) is 29.1 Å². The minimum absolute atomic E-state index is 0.0760. The third-order valence-corrected chi connectivity index (χ3v) is 4.04. The molecular formula is C13H14Cl2F3NO. The highest BCUT2D eigenvalue weighted by atomic mass is 35.5. The van der Waals surface area contributed by atoms with Crippen LogP contribution >= 0.6 is 23.2 Å². The summed E-state index contributed by atoms with van der Waals surface area (Å²) >= 11 is 11.6. The lowest BCUT2D eigenvalue weighted by molar-refractivity contribution is -0.137. The van der Waals surface area contributed by atoms with Crippen LogP contribution in [0.15, 0.2) is 24.3 Å². The van der Waals surface area contributed by atoms with E-state index in [1.165, 1.54) is 12.1 Å². The van der Waals surface area contributed by atoms with Gasteiger partial charge in [-0.3, -0.25) is 4.79 Å². The third kappa shape index (κ3) is 4.03. The number of benzene rings is 1. The predicted octanol–water partition coefficient (Wildman–Crippen LogP) is 4.06. The van der Waals surface area contributed by atoms with Gasteiger partial charge in [0.2, 0.25) is 0 Å². The van der Waals surface area contributed by atoms with Crippen molar-refractivity contribution in [2.24, 2.45) is 0 Å². The number of hydrogen-bond donors (Lipinski definition) is 1. The molecule has 0 unspecified atom stereocenters. The van der Waals surface area contributed by atoms with E-state index in [2.05, 4.69) is 5.32 Å². The Bertz CT molecular complexity index is 465. The first kappa shape index (κ1) is 17.1. The number of halogens is 5. The number of carbonyl (C=O) groups excluding carboxylic acids is 1. The average Bonchev–Trinajstić information content (AvgIpc) is 2.44. The summed E-state index contributed by atoms with van der Waals surface area (Å²) in [5.74, 6) is -0.464. The van der Waals surface area contributed by atoms with Gasteiger partial charge in [-0.1, -0.05) is 13.0 Å². The Morgan fingerprint density at radius 2 is 1.85 bits per heavy atom. The maximum Gasteiger partial charge on any atom is 0.416 e. The van der Waals surface area contributed by atoms with Crippen molar-refractivity contribution in [3.05, 3.63) is 35.4 Å². The largest absolute Gasteiger partial charge is 0.416 e. The Hall–Kier alpha value is -0.940. The standard InChI is InChI=1S/C13H14Cl2F3NO/c1-2-12(7-14,8-15)19-11(20)9-4-3-5-10(6-9)13(16,17)18/h3-6H,2,7-8H2,1H3,(H,19,20). The highest BCUT2D eigenvalue weighted by molar-refractivity contribution is 6.22. The van der Waals surface area contributed by atoms with E-state index in [9.17, 15) is 18.0 Å². The van der Waals surface area contributed by atoms with Gasteiger partial charge in [-0.25, -0.2) is 0 Å². The summed E-state index contributed by atoms with van der Waals surface area (Å²) in [6, 6.07) is 4.21. The zero-order valence-corrected chi connectivity index (χ0v) is 12.2. The number of amides is 1. The monoisotopic (exact) mass is 327 g/mol. The maximum absolute atomic E-state index is 12.6. The van der Waals surface area contributed by atoms with Gasteiger partial charge < -0.3 is 5.32 Å². The van der Waals surface area contributed by atoms with Crippen LogP contribution in [-0.2, 0) is 6.18 Å². The summed E-state index contributed by atoms with van der Waals surface area (Å²) in [7, 11) is 0. The number of rotatable bonds is 5. The summed E-state index contributed by atoms with van der Waals surface area (Å²) < 4.78 is 37.8. The van der Waals surface area contributed by atoms with Crippen LogP contribution in [0, 0.1) is 0 Å². The second kappa shape index (κ2) is 6.68. The SMILES string of the molecule is CCC(CCl)(CCl)NC(=O)c1cccc(C(F)(F)F)c1. The van der Waals surface area contributed by atoms with Gasteiger partial charge in [-0.15, -0.1) is 23.2 Å². The molecule has 0 fully saturated rings. The van der Waals surface area contributed by atoms with Crippen molar-refractivity contribution < 1.29 is 18.0 Å². The lowest BCUT2D eigenvalue weighted by atomic mass is 10.00. The van der Waals surface area contributed by atoms with Crippen LogP contribution in [0.5, 0.6) is 0 Å². The molecule has 0 aromatic heterocycles. The van der Waals surface area contributed by atoms with Crippen LogP contribution in [-0.4, -0.2) is 23.2 Å². The second-order valence-electron chi connectivity index (χ2n) is 4.43. The van der Waals surface area contributed by atoms with Gasteiger partial charge in [0.1, 0.15) is 0 Å². The van der Waals surface area contributed by atoms with Crippen LogP contribution in [0.3, 0.4) is 0 Å². The summed E-state index contributed by atoms with van der Waals surface area (Å²) in [4.78, 5) is 12.0. The molecule has 20 heavy (non-hydrogen) atoms. The zero-order chi connectivity index (χ0) is 15.4. The third-order valence-electron chi connectivity index (χ3n) is 3.02. The van der Waals surface area contributed by atoms with E-state index in [0.717, 1.165) is 12.1 Å². The highest BCUT2D eigenvalue weighted by Gasteiger charge is 2.32. The molecule has 1 rings (SSSR count). The Balaban J connectivity index is 2.99. The van der Waals surface area contributed by atoms with Gasteiger partial charge in [0, 0.05) is 17.3 Å². The van der Waals surface area contributed by atoms with Crippen molar-refractivity contribution in [2.75, 3.05) is 11.8 Å². The molecule has 1 aromatic rings. The molecule has 0 aliphatic rings. The van der Waals surface area contributed by atoms with E-state index >= 15 is 0 Å². The molecule has 0 atom stereocenters. The van der Waals surface area contributed by atoms with Gasteiger partial charge >= 0.3 is 6.18 Å². The van der Waals surface area contributed by atoms with Crippen LogP contribution in [0.1, 0.15) is 29.3 Å². The Morgan fingerprint density at radius 1 is 1.25 bits per heavy atom. The molecule has 0 radical (unpaired) electrons. The van der Waals surface area contributed by atoms with Gasteiger partial charge in [0.05, 0.1) is 11.1 Å². The van der Waals surface area contributed by atoms with Crippen molar-refractivity contribution in [1.29, 1.82) is 0 Å². The number of carbonyl (C=O) groups is 1. The quantitative estimate of drug-likeness (QED) is 0.812. The van der Waals surface area contributed by atoms with Crippen molar-refractivity contribution in [1.82, 2.24) is 5.32 Å². The van der Waals surface area contributed by atoms with Crippen LogP contribution in [0.25, 0.3) is 0 Å². The fourth-order valence-electron chi connectivity index (χ4n) is 1.53. The average molecular weight is 328 g/mol. The Labute approximate surface area is 125 Å². The molecule has 1 amide bonds. The normalized spacial score (nSPS) is 12.3. The molecule has 7 heteroatoms. The minimum atomic E-state index is -4.49. The molecule has 1 aromatic carbocycles. The molecule has 112 valence electrons. The lowest BCUT2D eigenvalue weighted by Gasteiger charge is -2.29. The Kier molecular flexibility index (Phi) is 5.71. The molecule has 0 bridgehead atoms. The zero-order valence-electron chi connectivity index (χ0n) is 10.7. The first-order chi connectivity index (χ1) is 9.28. The summed E-state index contributed by atoms with van der Waals surface area (Å²) in [6.45, 7) is 1.79. The van der Waals surface area contributed by atoms with Gasteiger partial charge in [-0.05, 0) is 24.6 Å². The van der Waals surface area contributed by atoms with E-state index in [1.807, 2.05) is 0 Å². The van der Waals surface area contributed by atoms with Gasteiger partial charge in [0.15, 0.2) is 0 Å². The fourth-order valence-corrected chi connectivity index (χ4v) is 2.33. The molecule has 0 saturated carbocycles. The molecule has 0 saturated heterocycles. The maximum atomic E-state index is 12.6. The predicted molar refractivity (Wildman–Crippen MR) is 73.4 cm³/mol. The van der Waals surface area contributed by atoms with E-state index in [0.29, 0.717) is 6.42 Å². The molecular weight excluding hydrogens is 314 g/mol. The summed E-state index contributed by atoms with van der Waals surface area (Å²) in [6.07, 6.45) is -4.01. The number of nitrogens with one attached hydrogen (secondary N) is 1. The Morgan fingerprint density at radius 3 is 2.30 bits per heavy atom. The molecule has 0 spiro atoms. The molecule has 0 aliphatic heterocycles. The van der Waals surface area contributed by atoms with Gasteiger partial charge in [-0.2, -0.15) is 13.2 Å². The molecule has 0 heterocycles. The minimum Gasteiger partial charge on any atom is -0.344 e. The van der Waals surface area contributed by atoms with Crippen LogP contribution in [0.4, 0.5) is 13.2 Å². The van der Waals surface area contributed by atoms with Crippen molar-refractivity contribution in [3.63, 3.8) is 0 Å². The van der Waals surface area contributed by atoms with E-state index in [-0.39, 0.29) is 17.3 Å². The first-order valence-electron chi connectivity index (χ1n) is 5.89. The molecule has 1 N–H and O–H groups in total. The van der Waals surface area contributed by atoms with Crippen molar-refractivity contribution in [2.45, 2.75) is 25.1 Å². The summed E-state index contributed by atoms with van der Waals surface area (Å²) in [5.41, 5.74) is -1.77. The highest BCUT2D eigenvalue weighted by Crippen LogP contribution is 2.29. The first-order valence-corrected chi connectivity index (χ1v) is 6.96. The fraction of sp³-hybridized carbons (Fsp3) is 0.462. The second-order valence-corrected chi connectivity index (χ2v) is 4.97. The van der Waals surface area contributed by atoms with Gasteiger partial charge in [0.25, 0.3) is 5.91 Å². The lowest BCUT2D eigenvalue weighted by Crippen LogP contribution is -2.51. The van der Waals surface area contributed by atoms with Crippen molar-refractivity contribution >= 4 is 29.1 Å². The van der Waals surface area contributed by atoms with E-state index in [4.69, 9.17) is 23.2 Å². The smallest absolute Gasteiger partial charge is 0.344 e. The van der Waals surface area contributed by atoms with E-state index in [1.54, 1.807) is 6.92 Å². The molecule has 2 nitrogen and oxygen atoms in total. The molecule has 0 aliphatic carbocycles. The number of alkyl halides is 5. The van der Waals surface area contributed by atoms with Crippen LogP contribution in [0.2, 0.25) is 0 Å². The van der Waals surface area contributed by atoms with Crippen molar-refractivity contribution in [3.8, 4) is 0 Å².